The molecule has 4 rings (SSSR count). The van der Waals surface area contributed by atoms with Crippen LogP contribution in [0.4, 0.5) is 0 Å². The molecular formula is C26H27ClN2O3S2. The SMILES string of the molecule is C[C@H](NS(=O)(=O)c1ccc2c(c1)sc(=O)n2Cc1ccc(Cl)cc1)c1ccc(C(C)(C)C)cc1. The molecule has 0 unspecified atom stereocenters. The Labute approximate surface area is 209 Å². The molecule has 3 aromatic carbocycles. The van der Waals surface area contributed by atoms with E-state index in [1.807, 2.05) is 43.3 Å². The van der Waals surface area contributed by atoms with Crippen LogP contribution in [0.1, 0.15) is 50.4 Å². The van der Waals surface area contributed by atoms with Crippen LogP contribution in [0, 0.1) is 0 Å². The van der Waals surface area contributed by atoms with Gasteiger partial charge in [0.1, 0.15) is 0 Å². The van der Waals surface area contributed by atoms with Gasteiger partial charge in [-0.3, -0.25) is 9.36 Å². The lowest BCUT2D eigenvalue weighted by Crippen LogP contribution is -2.27. The van der Waals surface area contributed by atoms with Crippen molar-refractivity contribution in [1.29, 1.82) is 0 Å². The summed E-state index contributed by atoms with van der Waals surface area (Å²) in [5.74, 6) is 0. The average Bonchev–Trinajstić information content (AvgIpc) is 3.08. The fourth-order valence-electron chi connectivity index (χ4n) is 3.78. The fourth-order valence-corrected chi connectivity index (χ4v) is 6.16. The van der Waals surface area contributed by atoms with Gasteiger partial charge in [-0.1, -0.05) is 80.1 Å². The molecule has 1 aromatic heterocycles. The van der Waals surface area contributed by atoms with E-state index in [9.17, 15) is 13.2 Å². The van der Waals surface area contributed by atoms with Gasteiger partial charge in [0.05, 0.1) is 21.7 Å². The van der Waals surface area contributed by atoms with Gasteiger partial charge >= 0.3 is 4.87 Å². The first-order chi connectivity index (χ1) is 15.9. The van der Waals surface area contributed by atoms with Crippen LogP contribution >= 0.6 is 22.9 Å². The van der Waals surface area contributed by atoms with Crippen molar-refractivity contribution in [2.45, 2.75) is 50.6 Å². The zero-order valence-corrected chi connectivity index (χ0v) is 21.9. The number of halogens is 1. The van der Waals surface area contributed by atoms with E-state index in [4.69, 9.17) is 11.6 Å². The lowest BCUT2D eigenvalue weighted by molar-refractivity contribution is 0.566. The molecule has 0 amide bonds. The topological polar surface area (TPSA) is 68.2 Å². The van der Waals surface area contributed by atoms with E-state index in [0.29, 0.717) is 21.8 Å². The van der Waals surface area contributed by atoms with Crippen molar-refractivity contribution < 1.29 is 8.42 Å². The molecule has 0 aliphatic rings. The third-order valence-electron chi connectivity index (χ3n) is 5.81. The van der Waals surface area contributed by atoms with Crippen molar-refractivity contribution in [2.75, 3.05) is 0 Å². The highest BCUT2D eigenvalue weighted by Gasteiger charge is 2.21. The molecule has 178 valence electrons. The van der Waals surface area contributed by atoms with Gasteiger partial charge in [-0.2, -0.15) is 0 Å². The molecule has 0 saturated carbocycles. The predicted octanol–water partition coefficient (Wildman–Crippen LogP) is 6.10. The molecule has 1 heterocycles. The zero-order valence-electron chi connectivity index (χ0n) is 19.5. The lowest BCUT2D eigenvalue weighted by atomic mass is 9.86. The standard InChI is InChI=1S/C26H27ClN2O3S2/c1-17(19-7-9-20(10-8-19)26(2,3)4)28-34(31,32)22-13-14-23-24(15-22)33-25(30)29(23)16-18-5-11-21(27)12-6-18/h5-15,17,28H,16H2,1-4H3/t17-/m0/s1. The number of fused-ring (bicyclic) bond motifs is 1. The van der Waals surface area contributed by atoms with Gasteiger partial charge < -0.3 is 0 Å². The number of sulfonamides is 1. The minimum Gasteiger partial charge on any atom is -0.294 e. The lowest BCUT2D eigenvalue weighted by Gasteiger charge is -2.20. The van der Waals surface area contributed by atoms with E-state index in [0.717, 1.165) is 22.5 Å². The monoisotopic (exact) mass is 514 g/mol. The van der Waals surface area contributed by atoms with Gasteiger partial charge in [0.2, 0.25) is 10.0 Å². The molecule has 34 heavy (non-hydrogen) atoms. The summed E-state index contributed by atoms with van der Waals surface area (Å²) >= 11 is 6.99. The first kappa shape index (κ1) is 24.7. The van der Waals surface area contributed by atoms with Crippen LogP contribution in [0.15, 0.2) is 76.4 Å². The van der Waals surface area contributed by atoms with E-state index in [1.165, 1.54) is 5.56 Å². The minimum atomic E-state index is -3.77. The summed E-state index contributed by atoms with van der Waals surface area (Å²) in [5, 5.41) is 0.632. The Kier molecular flexibility index (Phi) is 6.75. The maximum Gasteiger partial charge on any atom is 0.308 e. The fraction of sp³-hybridized carbons (Fsp3) is 0.269. The summed E-state index contributed by atoms with van der Waals surface area (Å²) in [6, 6.07) is 19.7. The molecule has 4 aromatic rings. The molecular weight excluding hydrogens is 488 g/mol. The first-order valence-electron chi connectivity index (χ1n) is 10.9. The normalized spacial score (nSPS) is 13.3. The third-order valence-corrected chi connectivity index (χ3v) is 8.54. The number of thiazole rings is 1. The molecule has 0 spiro atoms. The number of nitrogens with one attached hydrogen (secondary N) is 1. The molecule has 8 heteroatoms. The summed E-state index contributed by atoms with van der Waals surface area (Å²) in [5.41, 5.74) is 3.75. The van der Waals surface area contributed by atoms with Crippen LogP contribution in [0.2, 0.25) is 5.02 Å². The Morgan fingerprint density at radius 1 is 1.00 bits per heavy atom. The van der Waals surface area contributed by atoms with Crippen molar-refractivity contribution in [2.24, 2.45) is 0 Å². The van der Waals surface area contributed by atoms with Crippen LogP contribution in [-0.2, 0) is 22.0 Å². The Bertz CT molecular complexity index is 1480. The van der Waals surface area contributed by atoms with Crippen LogP contribution in [0.3, 0.4) is 0 Å². The average molecular weight is 515 g/mol. The van der Waals surface area contributed by atoms with Gasteiger partial charge in [0.15, 0.2) is 0 Å². The largest absolute Gasteiger partial charge is 0.308 e. The molecule has 0 saturated heterocycles. The van der Waals surface area contributed by atoms with E-state index >= 15 is 0 Å². The number of hydrogen-bond acceptors (Lipinski definition) is 4. The Morgan fingerprint density at radius 3 is 2.26 bits per heavy atom. The quantitative estimate of drug-likeness (QED) is 0.338. The number of aromatic nitrogens is 1. The van der Waals surface area contributed by atoms with Crippen molar-refractivity contribution in [3.05, 3.63) is 98.1 Å². The number of benzene rings is 3. The molecule has 0 aliphatic carbocycles. The maximum absolute atomic E-state index is 13.1. The molecule has 0 fully saturated rings. The van der Waals surface area contributed by atoms with Gasteiger partial charge in [-0.25, -0.2) is 13.1 Å². The maximum atomic E-state index is 13.1. The van der Waals surface area contributed by atoms with Crippen molar-refractivity contribution >= 4 is 43.2 Å². The molecule has 0 aliphatic heterocycles. The smallest absolute Gasteiger partial charge is 0.294 e. The summed E-state index contributed by atoms with van der Waals surface area (Å²) < 4.78 is 31.2. The van der Waals surface area contributed by atoms with Crippen molar-refractivity contribution in [3.8, 4) is 0 Å². The van der Waals surface area contributed by atoms with E-state index in [-0.39, 0.29) is 15.2 Å². The molecule has 1 atom stereocenters. The first-order valence-corrected chi connectivity index (χ1v) is 13.6. The van der Waals surface area contributed by atoms with Crippen molar-refractivity contribution in [3.63, 3.8) is 0 Å². The Hall–Kier alpha value is -2.45. The summed E-state index contributed by atoms with van der Waals surface area (Å²) in [7, 11) is -3.77. The van der Waals surface area contributed by atoms with Crippen molar-refractivity contribution in [1.82, 2.24) is 9.29 Å². The Balaban J connectivity index is 1.57. The van der Waals surface area contributed by atoms with Gasteiger partial charge in [-0.05, 0) is 59.4 Å². The molecule has 0 bridgehead atoms. The van der Waals surface area contributed by atoms with E-state index in [2.05, 4.69) is 25.5 Å². The van der Waals surface area contributed by atoms with Crippen LogP contribution in [-0.4, -0.2) is 13.0 Å². The molecule has 1 N–H and O–H groups in total. The van der Waals surface area contributed by atoms with Crippen LogP contribution in [0.25, 0.3) is 10.2 Å². The summed E-state index contributed by atoms with van der Waals surface area (Å²) in [4.78, 5) is 12.6. The number of rotatable bonds is 6. The molecule has 0 radical (unpaired) electrons. The van der Waals surface area contributed by atoms with E-state index in [1.54, 1.807) is 34.9 Å². The second-order valence-corrected chi connectivity index (χ2v) is 12.6. The highest BCUT2D eigenvalue weighted by atomic mass is 35.5. The van der Waals surface area contributed by atoms with Gasteiger partial charge in [0.25, 0.3) is 0 Å². The van der Waals surface area contributed by atoms with Crippen LogP contribution < -0.4 is 9.60 Å². The zero-order chi connectivity index (χ0) is 24.7. The van der Waals surface area contributed by atoms with Gasteiger partial charge in [0, 0.05) is 11.1 Å². The molecule has 5 nitrogen and oxygen atoms in total. The minimum absolute atomic E-state index is 0.0300. The second kappa shape index (κ2) is 9.30. The van der Waals surface area contributed by atoms with Gasteiger partial charge in [-0.15, -0.1) is 0 Å². The van der Waals surface area contributed by atoms with E-state index < -0.39 is 16.1 Å². The second-order valence-electron chi connectivity index (χ2n) is 9.43. The number of hydrogen-bond donors (Lipinski definition) is 1. The Morgan fingerprint density at radius 2 is 1.65 bits per heavy atom. The summed E-state index contributed by atoms with van der Waals surface area (Å²) in [6.45, 7) is 8.63. The third kappa shape index (κ3) is 5.28. The highest BCUT2D eigenvalue weighted by molar-refractivity contribution is 7.89. The highest BCUT2D eigenvalue weighted by Crippen LogP contribution is 2.26. The summed E-state index contributed by atoms with van der Waals surface area (Å²) in [6.07, 6.45) is 0. The number of nitrogens with zero attached hydrogens (tertiary/aromatic N) is 1. The predicted molar refractivity (Wildman–Crippen MR) is 141 cm³/mol. The van der Waals surface area contributed by atoms with Crippen LogP contribution in [0.5, 0.6) is 0 Å².